The van der Waals surface area contributed by atoms with Gasteiger partial charge in [0, 0.05) is 26.2 Å². The van der Waals surface area contributed by atoms with Gasteiger partial charge in [0.05, 0.1) is 5.56 Å². The lowest BCUT2D eigenvalue weighted by molar-refractivity contribution is 0.0124. The average molecular weight is 372 g/mol. The van der Waals surface area contributed by atoms with E-state index in [2.05, 4.69) is 0 Å². The lowest BCUT2D eigenvalue weighted by Gasteiger charge is -2.35. The SMILES string of the molecule is CC(C)(C)OC(=O)N1CCN(C(=O)OCc2c(F)ccc(O)c2F)CC1. The fraction of sp³-hybridized carbons (Fsp3) is 0.529. The summed E-state index contributed by atoms with van der Waals surface area (Å²) >= 11 is 0. The van der Waals surface area contributed by atoms with Crippen LogP contribution in [0.2, 0.25) is 0 Å². The van der Waals surface area contributed by atoms with E-state index in [-0.39, 0.29) is 26.2 Å². The number of benzene rings is 1. The quantitative estimate of drug-likeness (QED) is 0.864. The highest BCUT2D eigenvalue weighted by molar-refractivity contribution is 5.70. The minimum absolute atomic E-state index is 0.211. The predicted octanol–water partition coefficient (Wildman–Crippen LogP) is 2.86. The van der Waals surface area contributed by atoms with E-state index in [1.165, 1.54) is 9.80 Å². The van der Waals surface area contributed by atoms with Gasteiger partial charge in [0.1, 0.15) is 18.0 Å². The minimum Gasteiger partial charge on any atom is -0.505 e. The van der Waals surface area contributed by atoms with Crippen molar-refractivity contribution in [1.29, 1.82) is 0 Å². The van der Waals surface area contributed by atoms with Crippen LogP contribution in [0.1, 0.15) is 26.3 Å². The fourth-order valence-electron chi connectivity index (χ4n) is 2.34. The molecule has 0 atom stereocenters. The summed E-state index contributed by atoms with van der Waals surface area (Å²) in [5.41, 5.74) is -1.13. The molecule has 0 aromatic heterocycles. The summed E-state index contributed by atoms with van der Waals surface area (Å²) in [5.74, 6) is -2.79. The summed E-state index contributed by atoms with van der Waals surface area (Å²) < 4.78 is 37.4. The number of aromatic hydroxyl groups is 1. The topological polar surface area (TPSA) is 79.3 Å². The van der Waals surface area contributed by atoms with Gasteiger partial charge in [-0.05, 0) is 32.9 Å². The Kier molecular flexibility index (Phi) is 5.89. The maximum absolute atomic E-state index is 13.7. The lowest BCUT2D eigenvalue weighted by Crippen LogP contribution is -2.51. The number of piperazine rings is 1. The van der Waals surface area contributed by atoms with Crippen molar-refractivity contribution in [2.45, 2.75) is 33.0 Å². The lowest BCUT2D eigenvalue weighted by atomic mass is 10.2. The molecule has 9 heteroatoms. The first-order valence-electron chi connectivity index (χ1n) is 8.14. The van der Waals surface area contributed by atoms with Crippen LogP contribution >= 0.6 is 0 Å². The molecule has 0 unspecified atom stereocenters. The van der Waals surface area contributed by atoms with Crippen molar-refractivity contribution in [2.24, 2.45) is 0 Å². The molecule has 26 heavy (non-hydrogen) atoms. The molecule has 2 rings (SSSR count). The maximum Gasteiger partial charge on any atom is 0.410 e. The molecule has 1 aliphatic rings. The number of nitrogens with zero attached hydrogens (tertiary/aromatic N) is 2. The van der Waals surface area contributed by atoms with Gasteiger partial charge in [-0.1, -0.05) is 0 Å². The molecule has 1 aromatic rings. The highest BCUT2D eigenvalue weighted by Gasteiger charge is 2.28. The van der Waals surface area contributed by atoms with Crippen LogP contribution in [0.4, 0.5) is 18.4 Å². The van der Waals surface area contributed by atoms with E-state index in [0.717, 1.165) is 12.1 Å². The molecule has 0 radical (unpaired) electrons. The Morgan fingerprint density at radius 1 is 1.08 bits per heavy atom. The van der Waals surface area contributed by atoms with Crippen molar-refractivity contribution in [2.75, 3.05) is 26.2 Å². The van der Waals surface area contributed by atoms with Crippen molar-refractivity contribution in [3.8, 4) is 5.75 Å². The molecule has 1 N–H and O–H groups in total. The summed E-state index contributed by atoms with van der Waals surface area (Å²) in [6.07, 6.45) is -1.22. The molecule has 2 amide bonds. The highest BCUT2D eigenvalue weighted by Crippen LogP contribution is 2.22. The van der Waals surface area contributed by atoms with Crippen molar-refractivity contribution >= 4 is 12.2 Å². The summed E-state index contributed by atoms with van der Waals surface area (Å²) in [6.45, 7) is 5.59. The maximum atomic E-state index is 13.7. The molecule has 0 saturated carbocycles. The van der Waals surface area contributed by atoms with Gasteiger partial charge in [-0.15, -0.1) is 0 Å². The number of ether oxygens (including phenoxy) is 2. The normalized spacial score (nSPS) is 15.0. The van der Waals surface area contributed by atoms with Crippen LogP contribution in [0.15, 0.2) is 12.1 Å². The van der Waals surface area contributed by atoms with Gasteiger partial charge < -0.3 is 24.4 Å². The second-order valence-corrected chi connectivity index (χ2v) is 6.87. The Morgan fingerprint density at radius 3 is 2.15 bits per heavy atom. The van der Waals surface area contributed by atoms with Crippen LogP contribution in [0.3, 0.4) is 0 Å². The number of halogens is 2. The fourth-order valence-corrected chi connectivity index (χ4v) is 2.34. The van der Waals surface area contributed by atoms with Crippen molar-refractivity contribution in [3.63, 3.8) is 0 Å². The molecular formula is C17H22F2N2O5. The Bertz CT molecular complexity index is 682. The first-order chi connectivity index (χ1) is 12.1. The third-order valence-electron chi connectivity index (χ3n) is 3.70. The number of carbonyl (C=O) groups is 2. The Morgan fingerprint density at radius 2 is 1.62 bits per heavy atom. The van der Waals surface area contributed by atoms with Crippen LogP contribution in [0.25, 0.3) is 0 Å². The van der Waals surface area contributed by atoms with Crippen molar-refractivity contribution in [1.82, 2.24) is 9.80 Å². The monoisotopic (exact) mass is 372 g/mol. The second-order valence-electron chi connectivity index (χ2n) is 6.87. The molecule has 1 aliphatic heterocycles. The molecule has 0 spiro atoms. The first-order valence-corrected chi connectivity index (χ1v) is 8.14. The van der Waals surface area contributed by atoms with E-state index in [0.29, 0.717) is 0 Å². The van der Waals surface area contributed by atoms with E-state index in [1.807, 2.05) is 0 Å². The van der Waals surface area contributed by atoms with E-state index in [1.54, 1.807) is 20.8 Å². The number of amides is 2. The predicted molar refractivity (Wildman–Crippen MR) is 87.6 cm³/mol. The molecule has 7 nitrogen and oxygen atoms in total. The largest absolute Gasteiger partial charge is 0.505 e. The Labute approximate surface area is 150 Å². The molecule has 0 aliphatic carbocycles. The van der Waals surface area contributed by atoms with Crippen LogP contribution in [-0.4, -0.2) is 58.9 Å². The molecule has 1 heterocycles. The minimum atomic E-state index is -1.16. The zero-order valence-corrected chi connectivity index (χ0v) is 14.9. The van der Waals surface area contributed by atoms with Crippen LogP contribution < -0.4 is 0 Å². The summed E-state index contributed by atoms with van der Waals surface area (Å²) in [6, 6.07) is 1.77. The molecular weight excluding hydrogens is 350 g/mol. The van der Waals surface area contributed by atoms with Gasteiger partial charge in [-0.2, -0.15) is 0 Å². The number of phenols is 1. The van der Waals surface area contributed by atoms with Gasteiger partial charge in [0.15, 0.2) is 11.6 Å². The van der Waals surface area contributed by atoms with E-state index >= 15 is 0 Å². The number of rotatable bonds is 2. The number of hydrogen-bond acceptors (Lipinski definition) is 5. The highest BCUT2D eigenvalue weighted by atomic mass is 19.1. The van der Waals surface area contributed by atoms with Gasteiger partial charge in [-0.25, -0.2) is 18.4 Å². The smallest absolute Gasteiger partial charge is 0.410 e. The number of hydrogen-bond donors (Lipinski definition) is 1. The second kappa shape index (κ2) is 7.76. The molecule has 1 fully saturated rings. The van der Waals surface area contributed by atoms with Gasteiger partial charge >= 0.3 is 12.2 Å². The van der Waals surface area contributed by atoms with E-state index in [9.17, 15) is 23.5 Å². The van der Waals surface area contributed by atoms with E-state index < -0.39 is 47.3 Å². The molecule has 0 bridgehead atoms. The van der Waals surface area contributed by atoms with Crippen LogP contribution in [0, 0.1) is 11.6 Å². The van der Waals surface area contributed by atoms with Crippen molar-refractivity contribution < 1.29 is 33.0 Å². The van der Waals surface area contributed by atoms with E-state index in [4.69, 9.17) is 9.47 Å². The van der Waals surface area contributed by atoms with Crippen LogP contribution in [-0.2, 0) is 16.1 Å². The third-order valence-corrected chi connectivity index (χ3v) is 3.70. The molecule has 1 saturated heterocycles. The van der Waals surface area contributed by atoms with Gasteiger partial charge in [0.2, 0.25) is 0 Å². The Balaban J connectivity index is 1.86. The standard InChI is InChI=1S/C17H22F2N2O5/c1-17(2,3)26-16(24)21-8-6-20(7-9-21)15(23)25-10-11-12(18)4-5-13(22)14(11)19/h4-5,22H,6-10H2,1-3H3. The zero-order valence-electron chi connectivity index (χ0n) is 14.9. The van der Waals surface area contributed by atoms with Gasteiger partial charge in [0.25, 0.3) is 0 Å². The number of carbonyl (C=O) groups excluding carboxylic acids is 2. The third kappa shape index (κ3) is 4.96. The Hall–Kier alpha value is -2.58. The summed E-state index contributed by atoms with van der Waals surface area (Å²) in [7, 11) is 0. The van der Waals surface area contributed by atoms with Crippen molar-refractivity contribution in [3.05, 3.63) is 29.3 Å². The zero-order chi connectivity index (χ0) is 19.5. The van der Waals surface area contributed by atoms with Crippen LogP contribution in [0.5, 0.6) is 5.75 Å². The van der Waals surface area contributed by atoms with Gasteiger partial charge in [-0.3, -0.25) is 0 Å². The molecule has 144 valence electrons. The average Bonchev–Trinajstić information content (AvgIpc) is 2.56. The summed E-state index contributed by atoms with van der Waals surface area (Å²) in [5, 5.41) is 9.26. The molecule has 1 aromatic carbocycles. The first kappa shape index (κ1) is 19.7. The summed E-state index contributed by atoms with van der Waals surface area (Å²) in [4.78, 5) is 26.8. The number of phenolic OH excluding ortho intramolecular Hbond substituents is 1.